The van der Waals surface area contributed by atoms with Gasteiger partial charge in [0.15, 0.2) is 5.65 Å². The lowest BCUT2D eigenvalue weighted by Crippen LogP contribution is -2.21. The molecule has 5 heteroatoms. The molecule has 1 saturated carbocycles. The van der Waals surface area contributed by atoms with E-state index >= 15 is 0 Å². The summed E-state index contributed by atoms with van der Waals surface area (Å²) in [5.41, 5.74) is 3.20. The van der Waals surface area contributed by atoms with E-state index in [9.17, 15) is 0 Å². The molecule has 0 radical (unpaired) electrons. The Hall–Kier alpha value is -0.740. The third kappa shape index (κ3) is 2.44. The SMILES string of the molecule is CSC1CCC(n2c(CCl)nc3c(C)ccnc32)CC1. The van der Waals surface area contributed by atoms with Gasteiger partial charge in [-0.1, -0.05) is 0 Å². The van der Waals surface area contributed by atoms with Gasteiger partial charge in [-0.05, 0) is 50.5 Å². The van der Waals surface area contributed by atoms with Crippen LogP contribution in [0.15, 0.2) is 12.3 Å². The van der Waals surface area contributed by atoms with Crippen LogP contribution in [-0.4, -0.2) is 26.0 Å². The van der Waals surface area contributed by atoms with Crippen molar-refractivity contribution in [3.63, 3.8) is 0 Å². The van der Waals surface area contributed by atoms with Crippen molar-refractivity contribution in [1.29, 1.82) is 0 Å². The van der Waals surface area contributed by atoms with Gasteiger partial charge >= 0.3 is 0 Å². The van der Waals surface area contributed by atoms with E-state index in [4.69, 9.17) is 16.6 Å². The third-order valence-electron chi connectivity index (χ3n) is 4.32. The number of rotatable bonds is 3. The lowest BCUT2D eigenvalue weighted by molar-refractivity contribution is 0.360. The van der Waals surface area contributed by atoms with Crippen LogP contribution in [0.1, 0.15) is 43.1 Å². The highest BCUT2D eigenvalue weighted by Crippen LogP contribution is 2.36. The number of fused-ring (bicyclic) bond motifs is 1. The summed E-state index contributed by atoms with van der Waals surface area (Å²) in [4.78, 5) is 9.27. The van der Waals surface area contributed by atoms with Crippen LogP contribution >= 0.6 is 23.4 Å². The molecule has 0 bridgehead atoms. The number of hydrogen-bond acceptors (Lipinski definition) is 3. The maximum absolute atomic E-state index is 6.12. The smallest absolute Gasteiger partial charge is 0.160 e. The molecule has 0 unspecified atom stereocenters. The Morgan fingerprint density at radius 1 is 1.35 bits per heavy atom. The molecule has 3 rings (SSSR count). The Labute approximate surface area is 129 Å². The molecule has 108 valence electrons. The van der Waals surface area contributed by atoms with E-state index in [1.54, 1.807) is 0 Å². The van der Waals surface area contributed by atoms with E-state index in [1.165, 1.54) is 31.2 Å². The van der Waals surface area contributed by atoms with Crippen molar-refractivity contribution >= 4 is 34.5 Å². The zero-order valence-corrected chi connectivity index (χ0v) is 13.5. The van der Waals surface area contributed by atoms with Crippen LogP contribution in [-0.2, 0) is 5.88 Å². The average molecular weight is 310 g/mol. The number of nitrogens with zero attached hydrogens (tertiary/aromatic N) is 3. The molecule has 1 aliphatic rings. The van der Waals surface area contributed by atoms with Crippen molar-refractivity contribution in [2.24, 2.45) is 0 Å². The van der Waals surface area contributed by atoms with E-state index in [2.05, 4.69) is 22.7 Å². The van der Waals surface area contributed by atoms with Crippen LogP contribution in [0, 0.1) is 6.92 Å². The van der Waals surface area contributed by atoms with Gasteiger partial charge < -0.3 is 4.57 Å². The quantitative estimate of drug-likeness (QED) is 0.791. The van der Waals surface area contributed by atoms with Gasteiger partial charge in [-0.15, -0.1) is 11.6 Å². The second-order valence-electron chi connectivity index (χ2n) is 5.50. The molecule has 0 aromatic carbocycles. The number of aromatic nitrogens is 3. The molecule has 0 saturated heterocycles. The van der Waals surface area contributed by atoms with Crippen molar-refractivity contribution in [3.05, 3.63) is 23.7 Å². The molecule has 3 nitrogen and oxygen atoms in total. The topological polar surface area (TPSA) is 30.7 Å². The number of hydrogen-bond donors (Lipinski definition) is 0. The number of alkyl halides is 1. The van der Waals surface area contributed by atoms with Crippen LogP contribution < -0.4 is 0 Å². The van der Waals surface area contributed by atoms with Gasteiger partial charge in [0.2, 0.25) is 0 Å². The minimum absolute atomic E-state index is 0.457. The number of halogens is 1. The van der Waals surface area contributed by atoms with Crippen molar-refractivity contribution in [2.45, 2.75) is 49.8 Å². The molecule has 20 heavy (non-hydrogen) atoms. The van der Waals surface area contributed by atoms with E-state index in [-0.39, 0.29) is 0 Å². The van der Waals surface area contributed by atoms with E-state index in [1.807, 2.05) is 24.0 Å². The van der Waals surface area contributed by atoms with E-state index in [0.717, 1.165) is 22.2 Å². The second-order valence-corrected chi connectivity index (χ2v) is 6.90. The maximum atomic E-state index is 6.12. The van der Waals surface area contributed by atoms with Gasteiger partial charge in [0, 0.05) is 17.5 Å². The van der Waals surface area contributed by atoms with E-state index in [0.29, 0.717) is 11.9 Å². The first kappa shape index (κ1) is 14.2. The summed E-state index contributed by atoms with van der Waals surface area (Å²) >= 11 is 8.11. The monoisotopic (exact) mass is 309 g/mol. The number of pyridine rings is 1. The largest absolute Gasteiger partial charge is 0.309 e. The lowest BCUT2D eigenvalue weighted by Gasteiger charge is -2.29. The number of thioether (sulfide) groups is 1. The molecule has 0 aliphatic heterocycles. The van der Waals surface area contributed by atoms with Gasteiger partial charge in [-0.2, -0.15) is 11.8 Å². The third-order valence-corrected chi connectivity index (χ3v) is 5.69. The first-order valence-electron chi connectivity index (χ1n) is 7.15. The van der Waals surface area contributed by atoms with Crippen molar-refractivity contribution in [1.82, 2.24) is 14.5 Å². The van der Waals surface area contributed by atoms with Crippen LogP contribution in [0.5, 0.6) is 0 Å². The highest BCUT2D eigenvalue weighted by atomic mass is 35.5. The van der Waals surface area contributed by atoms with Crippen LogP contribution in [0.3, 0.4) is 0 Å². The highest BCUT2D eigenvalue weighted by Gasteiger charge is 2.25. The van der Waals surface area contributed by atoms with Crippen LogP contribution in [0.4, 0.5) is 0 Å². The van der Waals surface area contributed by atoms with Gasteiger partial charge in [-0.3, -0.25) is 0 Å². The van der Waals surface area contributed by atoms with Crippen LogP contribution in [0.2, 0.25) is 0 Å². The molecular weight excluding hydrogens is 290 g/mol. The Morgan fingerprint density at radius 3 is 2.75 bits per heavy atom. The average Bonchev–Trinajstić information content (AvgIpc) is 2.87. The summed E-state index contributed by atoms with van der Waals surface area (Å²) in [6, 6.07) is 2.52. The summed E-state index contributed by atoms with van der Waals surface area (Å²) in [6.45, 7) is 2.09. The van der Waals surface area contributed by atoms with Crippen molar-refractivity contribution in [3.8, 4) is 0 Å². The normalized spacial score (nSPS) is 23.4. The van der Waals surface area contributed by atoms with Gasteiger partial charge in [0.25, 0.3) is 0 Å². The van der Waals surface area contributed by atoms with Gasteiger partial charge in [-0.25, -0.2) is 9.97 Å². The summed E-state index contributed by atoms with van der Waals surface area (Å²) in [7, 11) is 0. The molecule has 0 spiro atoms. The molecule has 2 aromatic rings. The van der Waals surface area contributed by atoms with Gasteiger partial charge in [0.1, 0.15) is 11.3 Å². The second kappa shape index (κ2) is 5.94. The first-order valence-corrected chi connectivity index (χ1v) is 8.98. The molecule has 2 aromatic heterocycles. The predicted octanol–water partition coefficient (Wildman–Crippen LogP) is 4.33. The lowest BCUT2D eigenvalue weighted by atomic mass is 9.94. The highest BCUT2D eigenvalue weighted by molar-refractivity contribution is 7.99. The Balaban J connectivity index is 2.00. The Bertz CT molecular complexity index is 602. The Morgan fingerprint density at radius 2 is 2.10 bits per heavy atom. The van der Waals surface area contributed by atoms with Gasteiger partial charge in [0.05, 0.1) is 5.88 Å². The number of imidazole rings is 1. The summed E-state index contributed by atoms with van der Waals surface area (Å²) in [5.74, 6) is 1.43. The molecule has 0 atom stereocenters. The minimum atomic E-state index is 0.457. The van der Waals surface area contributed by atoms with Crippen molar-refractivity contribution < 1.29 is 0 Å². The van der Waals surface area contributed by atoms with E-state index < -0.39 is 0 Å². The predicted molar refractivity (Wildman–Crippen MR) is 86.6 cm³/mol. The summed E-state index contributed by atoms with van der Waals surface area (Å²) in [5, 5.41) is 0.815. The fourth-order valence-corrected chi connectivity index (χ4v) is 4.10. The molecule has 1 fully saturated rings. The zero-order valence-electron chi connectivity index (χ0n) is 12.0. The molecule has 0 amide bonds. The summed E-state index contributed by atoms with van der Waals surface area (Å²) < 4.78 is 2.30. The number of aryl methyl sites for hydroxylation is 1. The maximum Gasteiger partial charge on any atom is 0.160 e. The standard InChI is InChI=1S/C15H20ClN3S/c1-10-7-8-17-15-14(10)18-13(9-16)19(15)11-3-5-12(20-2)6-4-11/h7-8,11-12H,3-6,9H2,1-2H3. The molecule has 1 aliphatic carbocycles. The fraction of sp³-hybridized carbons (Fsp3) is 0.600. The fourth-order valence-electron chi connectivity index (χ4n) is 3.17. The summed E-state index contributed by atoms with van der Waals surface area (Å²) in [6.07, 6.45) is 9.05. The van der Waals surface area contributed by atoms with Crippen molar-refractivity contribution in [2.75, 3.05) is 6.26 Å². The Kier molecular flexibility index (Phi) is 4.22. The zero-order chi connectivity index (χ0) is 14.1. The van der Waals surface area contributed by atoms with Crippen LogP contribution in [0.25, 0.3) is 11.2 Å². The molecular formula is C15H20ClN3S. The molecule has 2 heterocycles. The minimum Gasteiger partial charge on any atom is -0.309 e. The first-order chi connectivity index (χ1) is 9.74. The molecule has 0 N–H and O–H groups in total.